The summed E-state index contributed by atoms with van der Waals surface area (Å²) in [4.78, 5) is 19.2. The average molecular weight is 559 g/mol. The summed E-state index contributed by atoms with van der Waals surface area (Å²) < 4.78 is 107. The molecule has 0 aliphatic carbocycles. The van der Waals surface area contributed by atoms with Gasteiger partial charge >= 0.3 is 6.18 Å². The molecule has 202 valence electrons. The number of aromatic nitrogens is 2. The molecule has 0 spiro atoms. The van der Waals surface area contributed by atoms with Gasteiger partial charge in [0.25, 0.3) is 0 Å². The summed E-state index contributed by atoms with van der Waals surface area (Å²) in [7, 11) is -4.38. The van der Waals surface area contributed by atoms with Crippen LogP contribution < -0.4 is 5.32 Å². The van der Waals surface area contributed by atoms with Crippen LogP contribution in [0.25, 0.3) is 11.1 Å². The van der Waals surface area contributed by atoms with Gasteiger partial charge in [0.1, 0.15) is 23.8 Å². The largest absolute Gasteiger partial charge is 0.451 e. The molecule has 1 aliphatic heterocycles. The fraction of sp³-hybridized carbons (Fsp3) is 0.292. The molecular formula is C24H20F6N4O3S. The van der Waals surface area contributed by atoms with E-state index in [1.807, 2.05) is 0 Å². The average Bonchev–Trinajstić information content (AvgIpc) is 3.18. The molecule has 0 radical (unpaired) electrons. The molecule has 3 atom stereocenters. The highest BCUT2D eigenvalue weighted by molar-refractivity contribution is 7.89. The molecule has 1 amide bonds. The molecule has 2 heterocycles. The van der Waals surface area contributed by atoms with Crippen molar-refractivity contribution in [1.82, 2.24) is 19.6 Å². The van der Waals surface area contributed by atoms with E-state index >= 15 is 0 Å². The lowest BCUT2D eigenvalue weighted by molar-refractivity contribution is -0.145. The molecule has 14 heteroatoms. The first-order valence-corrected chi connectivity index (χ1v) is 12.6. The zero-order chi connectivity index (χ0) is 27.8. The van der Waals surface area contributed by atoms with Gasteiger partial charge in [0.2, 0.25) is 21.8 Å². The van der Waals surface area contributed by atoms with Crippen LogP contribution in [0.1, 0.15) is 24.7 Å². The Labute approximate surface area is 213 Å². The summed E-state index contributed by atoms with van der Waals surface area (Å²) in [5, 5.41) is 2.40. The second-order valence-corrected chi connectivity index (χ2v) is 10.5. The van der Waals surface area contributed by atoms with Crippen molar-refractivity contribution >= 4 is 15.9 Å². The third-order valence-electron chi connectivity index (χ3n) is 6.11. The Kier molecular flexibility index (Phi) is 7.48. The first kappa shape index (κ1) is 27.5. The van der Waals surface area contributed by atoms with Crippen molar-refractivity contribution in [2.75, 3.05) is 0 Å². The Morgan fingerprint density at radius 2 is 1.68 bits per heavy atom. The quantitative estimate of drug-likeness (QED) is 0.457. The van der Waals surface area contributed by atoms with Gasteiger partial charge in [-0.05, 0) is 48.9 Å². The molecule has 0 saturated carbocycles. The monoisotopic (exact) mass is 558 g/mol. The minimum atomic E-state index is -4.73. The summed E-state index contributed by atoms with van der Waals surface area (Å²) in [6.07, 6.45) is -5.00. The Balaban J connectivity index is 1.53. The number of hydrogen-bond donors (Lipinski definition) is 1. The first-order valence-electron chi connectivity index (χ1n) is 11.2. The van der Waals surface area contributed by atoms with Crippen molar-refractivity contribution in [2.24, 2.45) is 0 Å². The normalized spacial score (nSPS) is 20.4. The lowest BCUT2D eigenvalue weighted by atomic mass is 10.0. The second kappa shape index (κ2) is 10.3. The third kappa shape index (κ3) is 5.50. The molecule has 1 aromatic heterocycles. The van der Waals surface area contributed by atoms with Crippen molar-refractivity contribution in [3.05, 3.63) is 77.9 Å². The highest BCUT2D eigenvalue weighted by atomic mass is 32.2. The van der Waals surface area contributed by atoms with Crippen LogP contribution in [0.4, 0.5) is 26.3 Å². The second-order valence-electron chi connectivity index (χ2n) is 8.61. The lowest BCUT2D eigenvalue weighted by Crippen LogP contribution is -2.48. The van der Waals surface area contributed by atoms with Crippen molar-refractivity contribution < 1.29 is 39.6 Å². The maximum absolute atomic E-state index is 14.6. The van der Waals surface area contributed by atoms with E-state index in [1.165, 1.54) is 19.1 Å². The molecule has 1 N–H and O–H groups in total. The number of amides is 1. The van der Waals surface area contributed by atoms with E-state index in [1.54, 1.807) is 0 Å². The molecule has 1 aliphatic rings. The number of alkyl halides is 4. The van der Waals surface area contributed by atoms with Gasteiger partial charge in [-0.1, -0.05) is 6.07 Å². The maximum Gasteiger partial charge on any atom is 0.451 e. The Morgan fingerprint density at radius 3 is 2.29 bits per heavy atom. The molecule has 4 rings (SSSR count). The van der Waals surface area contributed by atoms with E-state index < -0.39 is 70.8 Å². The van der Waals surface area contributed by atoms with Crippen LogP contribution in [0.2, 0.25) is 0 Å². The SMILES string of the molecule is C[C@H]1[C@H](F)C[C@@H](C(=O)NCc2cc(-c3cnc(C(F)(F)F)nc3)ccc2F)N1S(=O)(=O)c1ccc(F)cc1. The number of hydrogen-bond acceptors (Lipinski definition) is 5. The molecular weight excluding hydrogens is 538 g/mol. The molecule has 38 heavy (non-hydrogen) atoms. The number of nitrogens with zero attached hydrogens (tertiary/aromatic N) is 3. The minimum Gasteiger partial charge on any atom is -0.351 e. The smallest absolute Gasteiger partial charge is 0.351 e. The zero-order valence-electron chi connectivity index (χ0n) is 19.6. The molecule has 1 saturated heterocycles. The predicted molar refractivity (Wildman–Crippen MR) is 122 cm³/mol. The summed E-state index contributed by atoms with van der Waals surface area (Å²) >= 11 is 0. The fourth-order valence-corrected chi connectivity index (χ4v) is 5.92. The molecule has 7 nitrogen and oxygen atoms in total. The molecule has 3 aromatic rings. The fourth-order valence-electron chi connectivity index (χ4n) is 4.11. The first-order chi connectivity index (χ1) is 17.8. The minimum absolute atomic E-state index is 0.0634. The number of sulfonamides is 1. The predicted octanol–water partition coefficient (Wildman–Crippen LogP) is 4.25. The number of carbonyl (C=O) groups is 1. The molecule has 1 fully saturated rings. The summed E-state index contributed by atoms with van der Waals surface area (Å²) in [6.45, 7) is 0.876. The number of rotatable bonds is 6. The van der Waals surface area contributed by atoms with Gasteiger partial charge in [-0.25, -0.2) is 31.6 Å². The summed E-state index contributed by atoms with van der Waals surface area (Å²) in [5.41, 5.74) is 0.363. The number of carbonyl (C=O) groups excluding carboxylic acids is 1. The third-order valence-corrected chi connectivity index (χ3v) is 8.12. The Morgan fingerprint density at radius 1 is 1.05 bits per heavy atom. The van der Waals surface area contributed by atoms with Gasteiger partial charge in [0, 0.05) is 36.5 Å². The summed E-state index contributed by atoms with van der Waals surface area (Å²) in [5.74, 6) is -3.65. The number of nitrogens with one attached hydrogen (secondary N) is 1. The van der Waals surface area contributed by atoms with E-state index in [0.717, 1.165) is 42.7 Å². The van der Waals surface area contributed by atoms with E-state index in [4.69, 9.17) is 0 Å². The van der Waals surface area contributed by atoms with Gasteiger partial charge in [-0.15, -0.1) is 0 Å². The van der Waals surface area contributed by atoms with Crippen LogP contribution in [0, 0.1) is 11.6 Å². The number of benzene rings is 2. The molecule has 2 aromatic carbocycles. The standard InChI is InChI=1S/C24H20F6N4O3S/c1-13-20(27)9-21(34(13)38(36,37)18-5-3-17(25)4-6-18)22(35)31-10-15-8-14(2-7-19(15)26)16-11-32-23(33-12-16)24(28,29)30/h2-8,11-13,20-21H,9-10H2,1H3,(H,31,35)/t13-,20+,21-/m0/s1. The van der Waals surface area contributed by atoms with Gasteiger partial charge in [0.15, 0.2) is 0 Å². The van der Waals surface area contributed by atoms with E-state index in [0.29, 0.717) is 4.31 Å². The van der Waals surface area contributed by atoms with Crippen LogP contribution in [0.3, 0.4) is 0 Å². The zero-order valence-corrected chi connectivity index (χ0v) is 20.4. The van der Waals surface area contributed by atoms with Crippen molar-refractivity contribution in [1.29, 1.82) is 0 Å². The van der Waals surface area contributed by atoms with E-state index in [2.05, 4.69) is 15.3 Å². The van der Waals surface area contributed by atoms with Crippen molar-refractivity contribution in [3.8, 4) is 11.1 Å². The van der Waals surface area contributed by atoms with Crippen LogP contribution in [0.15, 0.2) is 59.8 Å². The van der Waals surface area contributed by atoms with Crippen LogP contribution >= 0.6 is 0 Å². The Hall–Kier alpha value is -3.52. The van der Waals surface area contributed by atoms with Gasteiger partial charge in [-0.3, -0.25) is 4.79 Å². The highest BCUT2D eigenvalue weighted by Crippen LogP contribution is 2.33. The lowest BCUT2D eigenvalue weighted by Gasteiger charge is -2.27. The van der Waals surface area contributed by atoms with Crippen molar-refractivity contribution in [2.45, 2.75) is 49.2 Å². The maximum atomic E-state index is 14.6. The van der Waals surface area contributed by atoms with Gasteiger partial charge in [-0.2, -0.15) is 17.5 Å². The van der Waals surface area contributed by atoms with Gasteiger partial charge < -0.3 is 5.32 Å². The van der Waals surface area contributed by atoms with E-state index in [-0.39, 0.29) is 21.6 Å². The molecule has 0 bridgehead atoms. The van der Waals surface area contributed by atoms with Crippen LogP contribution in [-0.2, 0) is 27.5 Å². The van der Waals surface area contributed by atoms with Crippen LogP contribution in [0.5, 0.6) is 0 Å². The van der Waals surface area contributed by atoms with Crippen LogP contribution in [-0.4, -0.2) is 46.9 Å². The molecule has 0 unspecified atom stereocenters. The number of halogens is 6. The van der Waals surface area contributed by atoms with Gasteiger partial charge in [0.05, 0.1) is 10.9 Å². The summed E-state index contributed by atoms with van der Waals surface area (Å²) in [6, 6.07) is 4.80. The Bertz CT molecular complexity index is 1430. The van der Waals surface area contributed by atoms with E-state index in [9.17, 15) is 39.6 Å². The highest BCUT2D eigenvalue weighted by Gasteiger charge is 2.49. The van der Waals surface area contributed by atoms with Crippen molar-refractivity contribution in [3.63, 3.8) is 0 Å². The topological polar surface area (TPSA) is 92.3 Å².